The molecule has 0 radical (unpaired) electrons. The Morgan fingerprint density at radius 1 is 1.10 bits per heavy atom. The van der Waals surface area contributed by atoms with Crippen LogP contribution in [0.1, 0.15) is 24.2 Å². The molecule has 0 aliphatic heterocycles. The fourth-order valence-electron chi connectivity index (χ4n) is 1.98. The first kappa shape index (κ1) is 17.4. The van der Waals surface area contributed by atoms with E-state index >= 15 is 0 Å². The van der Waals surface area contributed by atoms with Crippen LogP contribution in [0.3, 0.4) is 0 Å². The molecule has 0 saturated heterocycles. The second-order valence-electron chi connectivity index (χ2n) is 5.13. The number of carbonyl (C=O) groups is 1. The zero-order chi connectivity index (χ0) is 14.7. The van der Waals surface area contributed by atoms with Crippen molar-refractivity contribution < 1.29 is 28.8 Å². The molecule has 2 aromatic carbocycles. The Labute approximate surface area is 136 Å². The molecule has 0 aliphatic rings. The molecule has 3 aromatic rings. The number of carboxylic acids is 1. The number of rotatable bonds is 1. The zero-order valence-corrected chi connectivity index (χ0v) is 12.7. The van der Waals surface area contributed by atoms with E-state index in [0.29, 0.717) is 11.5 Å². The molecule has 1 aromatic heterocycles. The minimum atomic E-state index is -0.896. The van der Waals surface area contributed by atoms with E-state index in [1.807, 2.05) is 24.3 Å². The van der Waals surface area contributed by atoms with Gasteiger partial charge in [0.15, 0.2) is 0 Å². The molecule has 0 amide bonds. The van der Waals surface area contributed by atoms with Crippen LogP contribution in [0.2, 0.25) is 0 Å². The zero-order valence-electron chi connectivity index (χ0n) is 12.7. The van der Waals surface area contributed by atoms with Crippen LogP contribution in [0.4, 0.5) is 0 Å². The second kappa shape index (κ2) is 7.35. The van der Waals surface area contributed by atoms with Gasteiger partial charge >= 0.3 is 24.8 Å². The number of hydrogen-bond acceptors (Lipinski definition) is 1. The monoisotopic (exact) mass is 275 g/mol. The molecule has 104 valence electrons. The van der Waals surface area contributed by atoms with Crippen LogP contribution >= 0.6 is 0 Å². The largest absolute Gasteiger partial charge is 1.00 e. The summed E-state index contributed by atoms with van der Waals surface area (Å²) in [6.45, 7) is 7.75. The third-order valence-electron chi connectivity index (χ3n) is 2.75. The van der Waals surface area contributed by atoms with Crippen LogP contribution in [0.5, 0.6) is 0 Å². The minimum absolute atomic E-state index is 0. The standard InChI is InChI=1S/C13H9NO2.C4H9.Li/c15-13(16)8-5-6-12-10(7-8)9-3-1-2-4-11(9)14-12;1-4(2)3;/h1-7,14H,(H,15,16);4H,1H2,2-3H3;/q;-1;+1. The van der Waals surface area contributed by atoms with Crippen molar-refractivity contribution in [2.24, 2.45) is 5.92 Å². The smallest absolute Gasteiger partial charge is 0.478 e. The first-order chi connectivity index (χ1) is 9.49. The maximum absolute atomic E-state index is 10.9. The first-order valence-electron chi connectivity index (χ1n) is 6.56. The summed E-state index contributed by atoms with van der Waals surface area (Å²) < 4.78 is 0. The quantitative estimate of drug-likeness (QED) is 0.522. The number of H-pyrrole nitrogens is 1. The van der Waals surface area contributed by atoms with Gasteiger partial charge in [-0.3, -0.25) is 0 Å². The molecule has 4 heteroatoms. The van der Waals surface area contributed by atoms with Crippen LogP contribution in [0.15, 0.2) is 42.5 Å². The van der Waals surface area contributed by atoms with Crippen molar-refractivity contribution in [1.82, 2.24) is 4.98 Å². The summed E-state index contributed by atoms with van der Waals surface area (Å²) in [5, 5.41) is 11.0. The van der Waals surface area contributed by atoms with E-state index in [4.69, 9.17) is 5.11 Å². The molecule has 0 saturated carbocycles. The van der Waals surface area contributed by atoms with E-state index < -0.39 is 5.97 Å². The van der Waals surface area contributed by atoms with Gasteiger partial charge in [0.25, 0.3) is 0 Å². The minimum Gasteiger partial charge on any atom is -0.478 e. The van der Waals surface area contributed by atoms with Crippen LogP contribution in [-0.2, 0) is 0 Å². The number of carboxylic acid groups (broad SMARTS) is 1. The predicted octanol–water partition coefficient (Wildman–Crippen LogP) is 1.50. The number of hydrogen-bond donors (Lipinski definition) is 2. The van der Waals surface area contributed by atoms with E-state index in [1.54, 1.807) is 18.2 Å². The predicted molar refractivity (Wildman–Crippen MR) is 83.0 cm³/mol. The van der Waals surface area contributed by atoms with Gasteiger partial charge in [0.1, 0.15) is 0 Å². The van der Waals surface area contributed by atoms with E-state index in [-0.39, 0.29) is 18.9 Å². The van der Waals surface area contributed by atoms with Gasteiger partial charge in [-0.05, 0) is 24.3 Å². The Kier molecular flexibility index (Phi) is 6.08. The van der Waals surface area contributed by atoms with Crippen molar-refractivity contribution in [3.63, 3.8) is 0 Å². The molecular formula is C17H18LiNO2. The first-order valence-corrected chi connectivity index (χ1v) is 6.56. The molecule has 1 heterocycles. The number of para-hydroxylation sites is 1. The van der Waals surface area contributed by atoms with Gasteiger partial charge in [-0.25, -0.2) is 4.79 Å². The Balaban J connectivity index is 0.000000397. The molecular weight excluding hydrogens is 257 g/mol. The van der Waals surface area contributed by atoms with Gasteiger partial charge in [0.05, 0.1) is 5.56 Å². The fourth-order valence-corrected chi connectivity index (χ4v) is 1.98. The number of benzene rings is 2. The maximum atomic E-state index is 10.9. The molecule has 21 heavy (non-hydrogen) atoms. The van der Waals surface area contributed by atoms with Crippen molar-refractivity contribution in [3.8, 4) is 0 Å². The maximum Gasteiger partial charge on any atom is 1.00 e. The van der Waals surface area contributed by atoms with Crippen molar-refractivity contribution >= 4 is 27.8 Å². The van der Waals surface area contributed by atoms with Gasteiger partial charge in [0.2, 0.25) is 0 Å². The topological polar surface area (TPSA) is 53.1 Å². The molecule has 2 N–H and O–H groups in total. The Bertz CT molecular complexity index is 744. The number of fused-ring (bicyclic) bond motifs is 3. The Hall–Kier alpha value is -1.69. The fraction of sp³-hybridized carbons (Fsp3) is 0.176. The Morgan fingerprint density at radius 2 is 1.67 bits per heavy atom. The van der Waals surface area contributed by atoms with Gasteiger partial charge < -0.3 is 17.0 Å². The van der Waals surface area contributed by atoms with Gasteiger partial charge in [0, 0.05) is 21.8 Å². The molecule has 3 nitrogen and oxygen atoms in total. The van der Waals surface area contributed by atoms with Gasteiger partial charge in [-0.1, -0.05) is 32.0 Å². The summed E-state index contributed by atoms with van der Waals surface area (Å²) in [5.41, 5.74) is 2.31. The summed E-state index contributed by atoms with van der Waals surface area (Å²) in [6.07, 6.45) is 0. The molecule has 0 fully saturated rings. The average Bonchev–Trinajstić information content (AvgIpc) is 2.75. The molecule has 0 unspecified atom stereocenters. The second-order valence-corrected chi connectivity index (χ2v) is 5.13. The van der Waals surface area contributed by atoms with Gasteiger partial charge in [-0.15, -0.1) is 0 Å². The van der Waals surface area contributed by atoms with Crippen LogP contribution < -0.4 is 18.9 Å². The molecule has 0 atom stereocenters. The Morgan fingerprint density at radius 3 is 2.29 bits per heavy atom. The van der Waals surface area contributed by atoms with E-state index in [2.05, 4.69) is 25.8 Å². The number of aromatic amines is 1. The third-order valence-corrected chi connectivity index (χ3v) is 2.75. The summed E-state index contributed by atoms with van der Waals surface area (Å²) in [5.74, 6) is -0.313. The summed E-state index contributed by atoms with van der Waals surface area (Å²) in [7, 11) is 0. The normalized spacial score (nSPS) is 10.1. The van der Waals surface area contributed by atoms with E-state index in [0.717, 1.165) is 21.8 Å². The average molecular weight is 275 g/mol. The van der Waals surface area contributed by atoms with Crippen molar-refractivity contribution in [2.75, 3.05) is 0 Å². The van der Waals surface area contributed by atoms with Crippen molar-refractivity contribution in [2.45, 2.75) is 13.8 Å². The van der Waals surface area contributed by atoms with Crippen LogP contribution in [0, 0.1) is 12.8 Å². The molecule has 0 bridgehead atoms. The molecule has 3 rings (SSSR count). The van der Waals surface area contributed by atoms with Crippen molar-refractivity contribution in [1.29, 1.82) is 0 Å². The van der Waals surface area contributed by atoms with Crippen LogP contribution in [-0.4, -0.2) is 16.1 Å². The summed E-state index contributed by atoms with van der Waals surface area (Å²) >= 11 is 0. The molecule has 0 spiro atoms. The van der Waals surface area contributed by atoms with Crippen LogP contribution in [0.25, 0.3) is 21.8 Å². The number of aromatic nitrogens is 1. The summed E-state index contributed by atoms with van der Waals surface area (Å²) in [4.78, 5) is 14.1. The summed E-state index contributed by atoms with van der Waals surface area (Å²) in [6, 6.07) is 13.0. The molecule has 0 aliphatic carbocycles. The third kappa shape index (κ3) is 4.14. The van der Waals surface area contributed by atoms with E-state index in [1.165, 1.54) is 0 Å². The SMILES string of the molecule is O=C(O)c1ccc2[nH]c3ccccc3c2c1.[CH2-]C(C)C.[Li+]. The number of aromatic carboxylic acids is 1. The van der Waals surface area contributed by atoms with Gasteiger partial charge in [-0.2, -0.15) is 5.92 Å². The van der Waals surface area contributed by atoms with Crippen molar-refractivity contribution in [3.05, 3.63) is 55.0 Å². The van der Waals surface area contributed by atoms with E-state index in [9.17, 15) is 4.79 Å². The number of nitrogens with one attached hydrogen (secondary N) is 1.